The molecule has 4 heteroatoms. The van der Waals surface area contributed by atoms with Crippen molar-refractivity contribution in [1.82, 2.24) is 4.98 Å². The monoisotopic (exact) mass is 315 g/mol. The summed E-state index contributed by atoms with van der Waals surface area (Å²) in [5.74, 6) is -0.255. The number of hydrogen-bond donors (Lipinski definition) is 0. The van der Waals surface area contributed by atoms with Crippen LogP contribution in [0.4, 0.5) is 0 Å². The van der Waals surface area contributed by atoms with Gasteiger partial charge in [0.05, 0.1) is 0 Å². The summed E-state index contributed by atoms with van der Waals surface area (Å²) in [7, 11) is 0. The van der Waals surface area contributed by atoms with E-state index in [1.165, 1.54) is 12.3 Å². The van der Waals surface area contributed by atoms with E-state index >= 15 is 0 Å². The molecule has 1 aromatic heterocycles. The van der Waals surface area contributed by atoms with Crippen molar-refractivity contribution in [2.75, 3.05) is 0 Å². The topological polar surface area (TPSA) is 47.0 Å². The predicted octanol–water partition coefficient (Wildman–Crippen LogP) is 1.37. The number of Topliss-reactive ketones (excluding diaryl/α,β-unsaturated/α-hetero) is 1. The van der Waals surface area contributed by atoms with Crippen LogP contribution in [-0.2, 0) is 0 Å². The molecule has 92 valence electrons. The number of benzene rings is 1. The van der Waals surface area contributed by atoms with Gasteiger partial charge in [-0.05, 0) is 0 Å². The van der Waals surface area contributed by atoms with Crippen molar-refractivity contribution in [2.24, 2.45) is 0 Å². The molecule has 2 aromatic rings. The van der Waals surface area contributed by atoms with Crippen LogP contribution in [0, 0.1) is 0 Å². The van der Waals surface area contributed by atoms with Crippen LogP contribution in [0.15, 0.2) is 59.2 Å². The van der Waals surface area contributed by atoms with Crippen molar-refractivity contribution < 1.29 is 9.59 Å². The second kappa shape index (κ2) is 4.92. The Kier molecular flexibility index (Phi) is 3.11. The van der Waals surface area contributed by atoms with E-state index < -0.39 is 0 Å². The molecular formula is C15H9NO2Se. The minimum atomic E-state index is -0.178. The fourth-order valence-electron chi connectivity index (χ4n) is 1.86. The molecule has 3 rings (SSSR count). The van der Waals surface area contributed by atoms with E-state index in [1.54, 1.807) is 12.1 Å². The number of aromatic nitrogens is 1. The zero-order chi connectivity index (χ0) is 13.2. The Labute approximate surface area is 116 Å². The van der Waals surface area contributed by atoms with Gasteiger partial charge in [0.25, 0.3) is 0 Å². The summed E-state index contributed by atoms with van der Waals surface area (Å²) in [4.78, 5) is 28.3. The Morgan fingerprint density at radius 2 is 1.74 bits per heavy atom. The van der Waals surface area contributed by atoms with Crippen LogP contribution < -0.4 is 4.46 Å². The second-order valence-corrected chi connectivity index (χ2v) is 6.36. The summed E-state index contributed by atoms with van der Waals surface area (Å²) >= 11 is -0.151. The Balaban J connectivity index is 1.97. The van der Waals surface area contributed by atoms with Crippen LogP contribution in [0.5, 0.6) is 0 Å². The first-order chi connectivity index (χ1) is 9.25. The minimum absolute atomic E-state index is 0.0773. The Morgan fingerprint density at radius 1 is 0.947 bits per heavy atom. The zero-order valence-electron chi connectivity index (χ0n) is 9.87. The van der Waals surface area contributed by atoms with Gasteiger partial charge in [-0.25, -0.2) is 0 Å². The van der Waals surface area contributed by atoms with Gasteiger partial charge in [-0.15, -0.1) is 0 Å². The number of allylic oxidation sites excluding steroid dienone is 2. The standard InChI is InChI=1S/C15H9NO2Se/c17-12-9-13(19-10-5-2-1-3-6-10)15(18)11-7-4-8-16-14(11)12/h1-9H. The third kappa shape index (κ3) is 2.28. The number of hydrogen-bond acceptors (Lipinski definition) is 3. The van der Waals surface area contributed by atoms with Crippen molar-refractivity contribution in [3.05, 3.63) is 70.5 Å². The Morgan fingerprint density at radius 3 is 2.53 bits per heavy atom. The van der Waals surface area contributed by atoms with Crippen molar-refractivity contribution >= 4 is 31.0 Å². The van der Waals surface area contributed by atoms with E-state index in [9.17, 15) is 9.59 Å². The number of rotatable bonds is 2. The molecular weight excluding hydrogens is 305 g/mol. The Hall–Kier alpha value is -2.03. The van der Waals surface area contributed by atoms with E-state index in [0.717, 1.165) is 4.46 Å². The van der Waals surface area contributed by atoms with Gasteiger partial charge in [0.2, 0.25) is 0 Å². The first-order valence-corrected chi connectivity index (χ1v) is 7.45. The molecule has 0 amide bonds. The van der Waals surface area contributed by atoms with Crippen molar-refractivity contribution in [3.63, 3.8) is 0 Å². The van der Waals surface area contributed by atoms with Crippen LogP contribution in [0.25, 0.3) is 0 Å². The van der Waals surface area contributed by atoms with E-state index in [1.807, 2.05) is 30.3 Å². The summed E-state index contributed by atoms with van der Waals surface area (Å²) in [6.45, 7) is 0. The summed E-state index contributed by atoms with van der Waals surface area (Å²) in [5.41, 5.74) is 0.683. The molecule has 1 aliphatic rings. The molecule has 0 aliphatic heterocycles. The van der Waals surface area contributed by atoms with Gasteiger partial charge in [-0.2, -0.15) is 0 Å². The maximum atomic E-state index is 12.3. The fraction of sp³-hybridized carbons (Fsp3) is 0. The molecule has 0 saturated carbocycles. The number of ketones is 2. The van der Waals surface area contributed by atoms with E-state index in [2.05, 4.69) is 4.98 Å². The molecule has 0 fully saturated rings. The SMILES string of the molecule is O=C1C([Se]c2ccccc2)=CC(=O)c2ncccc21. The third-order valence-corrected chi connectivity index (χ3v) is 4.91. The van der Waals surface area contributed by atoms with Crippen molar-refractivity contribution in [1.29, 1.82) is 0 Å². The number of pyridine rings is 1. The van der Waals surface area contributed by atoms with E-state index in [0.29, 0.717) is 10.0 Å². The average molecular weight is 314 g/mol. The van der Waals surface area contributed by atoms with Gasteiger partial charge in [0, 0.05) is 0 Å². The molecule has 0 radical (unpaired) electrons. The summed E-state index contributed by atoms with van der Waals surface area (Å²) < 4.78 is 1.67. The molecule has 19 heavy (non-hydrogen) atoms. The van der Waals surface area contributed by atoms with Crippen LogP contribution >= 0.6 is 0 Å². The summed E-state index contributed by atoms with van der Waals surface area (Å²) in [6, 6.07) is 13.1. The van der Waals surface area contributed by atoms with Crippen molar-refractivity contribution in [2.45, 2.75) is 0 Å². The molecule has 0 unspecified atom stereocenters. The molecule has 1 aromatic carbocycles. The van der Waals surface area contributed by atoms with Crippen LogP contribution in [0.2, 0.25) is 0 Å². The van der Waals surface area contributed by atoms with Crippen LogP contribution in [0.1, 0.15) is 20.8 Å². The quantitative estimate of drug-likeness (QED) is 0.787. The average Bonchev–Trinajstić information content (AvgIpc) is 2.46. The number of carbonyl (C=O) groups is 2. The first-order valence-electron chi connectivity index (χ1n) is 5.74. The molecule has 0 saturated heterocycles. The second-order valence-electron chi connectivity index (χ2n) is 4.02. The summed E-state index contributed by atoms with van der Waals surface area (Å²) in [5, 5.41) is 0. The van der Waals surface area contributed by atoms with Gasteiger partial charge in [-0.3, -0.25) is 0 Å². The maximum absolute atomic E-state index is 12.3. The predicted molar refractivity (Wildman–Crippen MR) is 72.8 cm³/mol. The van der Waals surface area contributed by atoms with E-state index in [-0.39, 0.29) is 32.2 Å². The fourth-order valence-corrected chi connectivity index (χ4v) is 3.78. The van der Waals surface area contributed by atoms with Crippen molar-refractivity contribution in [3.8, 4) is 0 Å². The molecule has 0 spiro atoms. The molecule has 3 nitrogen and oxygen atoms in total. The number of carbonyl (C=O) groups excluding carboxylic acids is 2. The normalized spacial score (nSPS) is 14.0. The van der Waals surface area contributed by atoms with E-state index in [4.69, 9.17) is 0 Å². The number of fused-ring (bicyclic) bond motifs is 1. The van der Waals surface area contributed by atoms with Gasteiger partial charge < -0.3 is 0 Å². The third-order valence-electron chi connectivity index (χ3n) is 2.74. The first kappa shape index (κ1) is 12.0. The molecule has 0 N–H and O–H groups in total. The molecule has 0 atom stereocenters. The van der Waals surface area contributed by atoms with Gasteiger partial charge >= 0.3 is 116 Å². The van der Waals surface area contributed by atoms with Gasteiger partial charge in [-0.1, -0.05) is 0 Å². The molecule has 1 aliphatic carbocycles. The zero-order valence-corrected chi connectivity index (χ0v) is 11.6. The van der Waals surface area contributed by atoms with Gasteiger partial charge in [0.1, 0.15) is 0 Å². The summed E-state index contributed by atoms with van der Waals surface area (Å²) in [6.07, 6.45) is 2.97. The molecule has 0 bridgehead atoms. The van der Waals surface area contributed by atoms with Crippen LogP contribution in [0.3, 0.4) is 0 Å². The number of nitrogens with zero attached hydrogens (tertiary/aromatic N) is 1. The molecule has 1 heterocycles. The van der Waals surface area contributed by atoms with Crippen LogP contribution in [-0.4, -0.2) is 31.5 Å². The van der Waals surface area contributed by atoms with Gasteiger partial charge in [0.15, 0.2) is 0 Å². The Bertz CT molecular complexity index is 692.